The monoisotopic (exact) mass is 873 g/mol. The van der Waals surface area contributed by atoms with Crippen molar-refractivity contribution in [3.05, 3.63) is 66.3 Å². The van der Waals surface area contributed by atoms with E-state index in [4.69, 9.17) is 14.2 Å². The standard InChI is InChI=1S/C44H50F3N9O7/c1-20(2)37(52-43(59)61-6)41(57)54-18-26(45)14-33(54)39-48-16-29(50-39)23-8-9-31-25(10-23)12-32-36-28(47)11-24(13-35(36)63-22(5)56(31)32)30-17-49-40(51-30)34-15-27(46)19-55(34)42(58)38(21(3)4)53-44(60)62-7/h8-13,16-17,20-22,26-27,33-34,37-38H,14-15,18-19H2,1-7H3,(H,48,50)(H,49,51)(H,52,59)(H,53,60)/t22?,26?,27-,33+,34+,37+,38+/m1/s1. The van der Waals surface area contributed by atoms with Crippen LogP contribution in [0, 0.1) is 17.7 Å². The van der Waals surface area contributed by atoms with E-state index < -0.39 is 72.6 Å². The van der Waals surface area contributed by atoms with Gasteiger partial charge >= 0.3 is 12.2 Å². The molecule has 3 aromatic heterocycles. The molecule has 8 rings (SSSR count). The predicted octanol–water partition coefficient (Wildman–Crippen LogP) is 7.12. The van der Waals surface area contributed by atoms with E-state index >= 15 is 4.39 Å². The van der Waals surface area contributed by atoms with Crippen molar-refractivity contribution in [2.24, 2.45) is 11.8 Å². The number of likely N-dealkylation sites (tertiary alicyclic amines) is 2. The van der Waals surface area contributed by atoms with Crippen molar-refractivity contribution in [2.75, 3.05) is 27.3 Å². The smallest absolute Gasteiger partial charge is 0.407 e. The molecule has 3 aliphatic heterocycles. The number of amides is 4. The minimum Gasteiger partial charge on any atom is -0.470 e. The number of aromatic nitrogens is 5. The third-order valence-electron chi connectivity index (χ3n) is 12.1. The number of fused-ring (bicyclic) bond motifs is 5. The normalized spacial score (nSPS) is 21.6. The number of imidazole rings is 2. The van der Waals surface area contributed by atoms with E-state index in [1.165, 1.54) is 36.3 Å². The molecule has 2 aromatic carbocycles. The number of H-pyrrole nitrogens is 2. The summed E-state index contributed by atoms with van der Waals surface area (Å²) >= 11 is 0. The molecule has 2 unspecified atom stereocenters. The van der Waals surface area contributed by atoms with Gasteiger partial charge in [0, 0.05) is 29.4 Å². The number of benzene rings is 2. The van der Waals surface area contributed by atoms with Crippen LogP contribution in [0.5, 0.6) is 5.75 Å². The van der Waals surface area contributed by atoms with Crippen molar-refractivity contribution < 1.29 is 46.6 Å². The average Bonchev–Trinajstić information content (AvgIpc) is 4.10. The Hall–Kier alpha value is -6.53. The molecule has 3 aliphatic rings. The van der Waals surface area contributed by atoms with Crippen molar-refractivity contribution in [3.8, 4) is 39.5 Å². The number of halogens is 3. The number of alkyl halides is 2. The summed E-state index contributed by atoms with van der Waals surface area (Å²) in [5, 5.41) is 5.92. The summed E-state index contributed by atoms with van der Waals surface area (Å²) in [7, 11) is 2.41. The fourth-order valence-electron chi connectivity index (χ4n) is 8.94. The van der Waals surface area contributed by atoms with Crippen LogP contribution >= 0.6 is 0 Å². The molecule has 2 fully saturated rings. The van der Waals surface area contributed by atoms with E-state index in [0.717, 1.165) is 16.5 Å². The van der Waals surface area contributed by atoms with Gasteiger partial charge in [-0.3, -0.25) is 9.59 Å². The highest BCUT2D eigenvalue weighted by Crippen LogP contribution is 2.46. The van der Waals surface area contributed by atoms with E-state index in [1.54, 1.807) is 40.0 Å². The highest BCUT2D eigenvalue weighted by molar-refractivity contribution is 5.93. The van der Waals surface area contributed by atoms with E-state index in [-0.39, 0.29) is 43.3 Å². The van der Waals surface area contributed by atoms with Crippen LogP contribution in [0.1, 0.15) is 77.4 Å². The van der Waals surface area contributed by atoms with Gasteiger partial charge in [-0.25, -0.2) is 32.7 Å². The van der Waals surface area contributed by atoms with Gasteiger partial charge < -0.3 is 49.2 Å². The summed E-state index contributed by atoms with van der Waals surface area (Å²) in [6.07, 6.45) is -1.50. The fourth-order valence-corrected chi connectivity index (χ4v) is 8.94. The first kappa shape index (κ1) is 43.1. The summed E-state index contributed by atoms with van der Waals surface area (Å²) in [5.41, 5.74) is 3.90. The molecule has 2 saturated heterocycles. The molecule has 19 heteroatoms. The Morgan fingerprint density at radius 2 is 1.30 bits per heavy atom. The first-order chi connectivity index (χ1) is 30.1. The number of carbonyl (C=O) groups is 4. The number of ether oxygens (including phenoxy) is 3. The Morgan fingerprint density at radius 3 is 1.81 bits per heavy atom. The van der Waals surface area contributed by atoms with Crippen LogP contribution in [-0.2, 0) is 19.1 Å². The molecule has 4 amide bonds. The van der Waals surface area contributed by atoms with Gasteiger partial charge in [0.15, 0.2) is 6.23 Å². The molecule has 0 aliphatic carbocycles. The third kappa shape index (κ3) is 8.04. The number of nitrogens with zero attached hydrogens (tertiary/aromatic N) is 5. The Labute approximate surface area is 360 Å². The molecule has 6 heterocycles. The van der Waals surface area contributed by atoms with E-state index in [1.807, 2.05) is 35.8 Å². The lowest BCUT2D eigenvalue weighted by Crippen LogP contribution is -2.51. The quantitative estimate of drug-likeness (QED) is 0.113. The second-order valence-corrected chi connectivity index (χ2v) is 17.0. The minimum absolute atomic E-state index is 0.00904. The Balaban J connectivity index is 1.04. The Kier molecular flexibility index (Phi) is 11.6. The minimum atomic E-state index is -1.32. The molecule has 4 N–H and O–H groups in total. The number of hydrogen-bond donors (Lipinski definition) is 4. The molecular formula is C44H50F3N9O7. The van der Waals surface area contributed by atoms with E-state index in [9.17, 15) is 28.0 Å². The molecule has 0 bridgehead atoms. The van der Waals surface area contributed by atoms with Gasteiger partial charge in [-0.1, -0.05) is 33.8 Å². The third-order valence-corrected chi connectivity index (χ3v) is 12.1. The van der Waals surface area contributed by atoms with Crippen LogP contribution in [0.25, 0.3) is 44.7 Å². The average molecular weight is 874 g/mol. The number of methoxy groups -OCH3 is 2. The van der Waals surface area contributed by atoms with Gasteiger partial charge in [-0.2, -0.15) is 0 Å². The Morgan fingerprint density at radius 1 is 0.778 bits per heavy atom. The largest absolute Gasteiger partial charge is 0.470 e. The predicted molar refractivity (Wildman–Crippen MR) is 224 cm³/mol. The lowest BCUT2D eigenvalue weighted by Gasteiger charge is -2.29. The first-order valence-corrected chi connectivity index (χ1v) is 20.9. The maximum absolute atomic E-state index is 16.4. The van der Waals surface area contributed by atoms with Crippen molar-refractivity contribution in [1.29, 1.82) is 0 Å². The highest BCUT2D eigenvalue weighted by atomic mass is 19.1. The van der Waals surface area contributed by atoms with Crippen LogP contribution in [0.4, 0.5) is 22.8 Å². The van der Waals surface area contributed by atoms with Crippen molar-refractivity contribution >= 4 is 34.9 Å². The Bertz CT molecular complexity index is 2570. The molecular weight excluding hydrogens is 824 g/mol. The van der Waals surface area contributed by atoms with Gasteiger partial charge in [-0.05, 0) is 49.1 Å². The number of carbonyl (C=O) groups excluding carboxylic acids is 4. The highest BCUT2D eigenvalue weighted by Gasteiger charge is 2.43. The number of nitrogens with one attached hydrogen (secondary N) is 4. The molecule has 0 spiro atoms. The summed E-state index contributed by atoms with van der Waals surface area (Å²) in [4.78, 5) is 69.6. The molecule has 5 aromatic rings. The first-order valence-electron chi connectivity index (χ1n) is 20.9. The zero-order valence-corrected chi connectivity index (χ0v) is 35.9. The molecule has 0 saturated carbocycles. The van der Waals surface area contributed by atoms with Crippen molar-refractivity contribution in [1.82, 2.24) is 44.9 Å². The second-order valence-electron chi connectivity index (χ2n) is 17.0. The van der Waals surface area contributed by atoms with Gasteiger partial charge in [0.05, 0.1) is 79.9 Å². The summed E-state index contributed by atoms with van der Waals surface area (Å²) in [6.45, 7) is 8.64. The summed E-state index contributed by atoms with van der Waals surface area (Å²) in [6, 6.07) is 7.38. The van der Waals surface area contributed by atoms with Gasteiger partial charge in [0.1, 0.15) is 47.6 Å². The number of alkyl carbamates (subject to hydrolysis) is 2. The van der Waals surface area contributed by atoms with E-state index in [0.29, 0.717) is 40.0 Å². The SMILES string of the molecule is COC(=O)N[C@H](C(=O)N1CC(F)C[C@H]1c1ncc(-c2ccc3c(c2)cc2n3C(C)Oc3cc(-c4cnc([C@@H]5C[C@@H](F)CN5C(=O)[C@@H](NC(=O)OC)C(C)C)[nH]4)cc(F)c3-2)[nH]1)C(C)C. The van der Waals surface area contributed by atoms with Crippen LogP contribution in [0.15, 0.2) is 48.8 Å². The van der Waals surface area contributed by atoms with Crippen LogP contribution in [0.2, 0.25) is 0 Å². The number of hydrogen-bond acceptors (Lipinski definition) is 9. The van der Waals surface area contributed by atoms with E-state index in [2.05, 4.69) is 30.6 Å². The van der Waals surface area contributed by atoms with Gasteiger partial charge in [0.2, 0.25) is 11.8 Å². The van der Waals surface area contributed by atoms with Crippen LogP contribution in [0.3, 0.4) is 0 Å². The van der Waals surface area contributed by atoms with Crippen molar-refractivity contribution in [3.63, 3.8) is 0 Å². The molecule has 0 radical (unpaired) electrons. The maximum Gasteiger partial charge on any atom is 0.407 e. The number of aromatic amines is 2. The van der Waals surface area contributed by atoms with Crippen LogP contribution in [-0.4, -0.2) is 110 Å². The lowest BCUT2D eigenvalue weighted by molar-refractivity contribution is -0.136. The summed E-state index contributed by atoms with van der Waals surface area (Å²) in [5.74, 6) is -1.01. The summed E-state index contributed by atoms with van der Waals surface area (Å²) < 4.78 is 63.9. The van der Waals surface area contributed by atoms with Gasteiger partial charge in [0.25, 0.3) is 0 Å². The number of rotatable bonds is 10. The maximum atomic E-state index is 16.4. The molecule has 7 atom stereocenters. The van der Waals surface area contributed by atoms with Crippen molar-refractivity contribution in [2.45, 2.75) is 90.2 Å². The second kappa shape index (κ2) is 17.0. The lowest BCUT2D eigenvalue weighted by atomic mass is 10.0. The zero-order valence-electron chi connectivity index (χ0n) is 35.9. The molecule has 63 heavy (non-hydrogen) atoms. The fraction of sp³-hybridized carbons (Fsp3) is 0.455. The van der Waals surface area contributed by atoms with Crippen LogP contribution < -0.4 is 15.4 Å². The van der Waals surface area contributed by atoms with Gasteiger partial charge in [-0.15, -0.1) is 0 Å². The molecule has 334 valence electrons. The molecule has 16 nitrogen and oxygen atoms in total. The topological polar surface area (TPSA) is 189 Å². The zero-order chi connectivity index (χ0) is 45.0.